The molecule has 0 saturated carbocycles. The van der Waals surface area contributed by atoms with E-state index in [1.807, 2.05) is 6.92 Å². The van der Waals surface area contributed by atoms with Crippen molar-refractivity contribution in [1.29, 1.82) is 0 Å². The quantitative estimate of drug-likeness (QED) is 0.102. The highest BCUT2D eigenvalue weighted by Gasteiger charge is 2.00. The summed E-state index contributed by atoms with van der Waals surface area (Å²) in [6.07, 6.45) is 1.47. The van der Waals surface area contributed by atoms with Crippen LogP contribution >= 0.6 is 0 Å². The van der Waals surface area contributed by atoms with Crippen molar-refractivity contribution in [1.82, 2.24) is 0 Å². The number of methoxy groups -OCH3 is 1. The molecule has 0 fully saturated rings. The Bertz CT molecular complexity index is 478. The molecule has 0 aromatic rings. The van der Waals surface area contributed by atoms with Crippen LogP contribution in [0.1, 0.15) is 26.2 Å². The lowest BCUT2D eigenvalue weighted by atomic mass is 10.3. The fraction of sp³-hybridized carbons (Fsp3) is 0.917. The van der Waals surface area contributed by atoms with Gasteiger partial charge in [-0.1, -0.05) is 6.92 Å². The van der Waals surface area contributed by atoms with Gasteiger partial charge in [0.1, 0.15) is 6.61 Å². The van der Waals surface area contributed by atoms with Crippen molar-refractivity contribution in [2.45, 2.75) is 26.2 Å². The molecule has 0 radical (unpaired) electrons. The fourth-order valence-corrected chi connectivity index (χ4v) is 2.39. The molecule has 0 rings (SSSR count). The first-order valence-corrected chi connectivity index (χ1v) is 12.5. The van der Waals surface area contributed by atoms with Crippen LogP contribution in [0.3, 0.4) is 0 Å². The first kappa shape index (κ1) is 34.6. The molecule has 0 bridgehead atoms. The molecule has 0 heterocycles. The molecule has 12 heteroatoms. The number of esters is 2. The first-order valence-electron chi connectivity index (χ1n) is 12.5. The number of ether oxygens (including phenoxy) is 10. The van der Waals surface area contributed by atoms with E-state index in [0.717, 1.165) is 6.42 Å². The summed E-state index contributed by atoms with van der Waals surface area (Å²) in [4.78, 5) is 22.0. The number of carbonyl (C=O) groups excluding carboxylic acids is 2. The molecule has 0 spiro atoms. The van der Waals surface area contributed by atoms with Crippen molar-refractivity contribution in [2.24, 2.45) is 0 Å². The van der Waals surface area contributed by atoms with Crippen LogP contribution in [-0.4, -0.2) is 131 Å². The Balaban J connectivity index is 3.06. The zero-order valence-electron chi connectivity index (χ0n) is 22.0. The molecule has 0 saturated heterocycles. The molecule has 214 valence electrons. The summed E-state index contributed by atoms with van der Waals surface area (Å²) < 4.78 is 52.4. The largest absolute Gasteiger partial charge is 0.469 e. The minimum atomic E-state index is -0.287. The van der Waals surface area contributed by atoms with Gasteiger partial charge in [-0.25, -0.2) is 0 Å². The molecule has 0 unspecified atom stereocenters. The van der Waals surface area contributed by atoms with Gasteiger partial charge in [-0.2, -0.15) is 0 Å². The summed E-state index contributed by atoms with van der Waals surface area (Å²) in [5, 5.41) is 0. The molecular formula is C24H46O12. The van der Waals surface area contributed by atoms with Gasteiger partial charge in [-0.05, 0) is 6.42 Å². The average Bonchev–Trinajstić information content (AvgIpc) is 2.88. The fourth-order valence-electron chi connectivity index (χ4n) is 2.39. The maximum absolute atomic E-state index is 11.1. The standard InChI is InChI=1S/C24H46O12/c1-3-4-24(26)36-22-21-35-20-19-34-18-17-33-16-15-32-14-13-31-12-11-30-10-9-29-8-7-28-6-5-23(25)27-2/h3-22H2,1-2H3. The molecular weight excluding hydrogens is 480 g/mol. The maximum Gasteiger partial charge on any atom is 0.307 e. The third kappa shape index (κ3) is 28.9. The summed E-state index contributed by atoms with van der Waals surface area (Å²) in [7, 11) is 1.35. The smallest absolute Gasteiger partial charge is 0.307 e. The van der Waals surface area contributed by atoms with Gasteiger partial charge in [-0.15, -0.1) is 0 Å². The minimum absolute atomic E-state index is 0.191. The Hall–Kier alpha value is -1.38. The normalized spacial score (nSPS) is 11.1. The van der Waals surface area contributed by atoms with Crippen LogP contribution in [0.2, 0.25) is 0 Å². The van der Waals surface area contributed by atoms with Crippen LogP contribution in [0.4, 0.5) is 0 Å². The number of carbonyl (C=O) groups is 2. The van der Waals surface area contributed by atoms with E-state index in [-0.39, 0.29) is 25.0 Å². The third-order valence-electron chi connectivity index (χ3n) is 4.23. The Kier molecular flexibility index (Phi) is 28.7. The van der Waals surface area contributed by atoms with Crippen molar-refractivity contribution < 1.29 is 57.0 Å². The summed E-state index contributed by atoms with van der Waals surface area (Å²) >= 11 is 0. The Labute approximate surface area is 215 Å². The second-order valence-electron chi connectivity index (χ2n) is 7.20. The van der Waals surface area contributed by atoms with E-state index < -0.39 is 0 Å². The van der Waals surface area contributed by atoms with Crippen LogP contribution in [-0.2, 0) is 57.0 Å². The molecule has 0 aliphatic carbocycles. The van der Waals surface area contributed by atoms with Crippen molar-refractivity contribution in [3.05, 3.63) is 0 Å². The van der Waals surface area contributed by atoms with Crippen molar-refractivity contribution in [3.63, 3.8) is 0 Å². The average molecular weight is 527 g/mol. The lowest BCUT2D eigenvalue weighted by molar-refractivity contribution is -0.145. The molecule has 0 aromatic carbocycles. The van der Waals surface area contributed by atoms with Gasteiger partial charge in [0, 0.05) is 6.42 Å². The molecule has 0 aromatic heterocycles. The van der Waals surface area contributed by atoms with Crippen LogP contribution in [0, 0.1) is 0 Å². The molecule has 0 atom stereocenters. The van der Waals surface area contributed by atoms with E-state index in [9.17, 15) is 9.59 Å². The van der Waals surface area contributed by atoms with Crippen molar-refractivity contribution in [2.75, 3.05) is 119 Å². The van der Waals surface area contributed by atoms with E-state index in [1.54, 1.807) is 0 Å². The molecule has 36 heavy (non-hydrogen) atoms. The van der Waals surface area contributed by atoms with Gasteiger partial charge >= 0.3 is 11.9 Å². The zero-order valence-corrected chi connectivity index (χ0v) is 22.0. The highest BCUT2D eigenvalue weighted by atomic mass is 16.6. The second-order valence-corrected chi connectivity index (χ2v) is 7.20. The summed E-state index contributed by atoms with van der Waals surface area (Å²) in [5.41, 5.74) is 0. The summed E-state index contributed by atoms with van der Waals surface area (Å²) in [6.45, 7) is 9.54. The predicted molar refractivity (Wildman–Crippen MR) is 129 cm³/mol. The van der Waals surface area contributed by atoms with Crippen LogP contribution < -0.4 is 0 Å². The van der Waals surface area contributed by atoms with E-state index in [2.05, 4.69) is 4.74 Å². The lowest BCUT2D eigenvalue weighted by Crippen LogP contribution is -2.15. The third-order valence-corrected chi connectivity index (χ3v) is 4.23. The minimum Gasteiger partial charge on any atom is -0.469 e. The first-order chi connectivity index (χ1) is 17.7. The van der Waals surface area contributed by atoms with E-state index in [0.29, 0.717) is 112 Å². The second kappa shape index (κ2) is 29.8. The number of rotatable bonds is 29. The van der Waals surface area contributed by atoms with Crippen LogP contribution in [0.25, 0.3) is 0 Å². The molecule has 0 amide bonds. The van der Waals surface area contributed by atoms with Crippen LogP contribution in [0.15, 0.2) is 0 Å². The summed E-state index contributed by atoms with van der Waals surface area (Å²) in [5.74, 6) is -0.478. The molecule has 0 aliphatic rings. The Morgan fingerprint density at radius 1 is 0.417 bits per heavy atom. The highest BCUT2D eigenvalue weighted by Crippen LogP contribution is 1.91. The lowest BCUT2D eigenvalue weighted by Gasteiger charge is -2.09. The highest BCUT2D eigenvalue weighted by molar-refractivity contribution is 5.69. The van der Waals surface area contributed by atoms with Crippen molar-refractivity contribution in [3.8, 4) is 0 Å². The Morgan fingerprint density at radius 2 is 0.722 bits per heavy atom. The predicted octanol–water partition coefficient (Wildman–Crippen LogP) is 1.03. The number of hydrogen-bond acceptors (Lipinski definition) is 12. The van der Waals surface area contributed by atoms with Gasteiger partial charge in [0.2, 0.25) is 0 Å². The van der Waals surface area contributed by atoms with E-state index in [4.69, 9.17) is 42.6 Å². The number of hydrogen-bond donors (Lipinski definition) is 0. The topological polar surface area (TPSA) is 126 Å². The van der Waals surface area contributed by atoms with Gasteiger partial charge in [0.15, 0.2) is 0 Å². The SMILES string of the molecule is CCCC(=O)OCCOCCOCCOCCOCCOCCOCCOCCOCCC(=O)OC. The van der Waals surface area contributed by atoms with Gasteiger partial charge in [0.05, 0.1) is 119 Å². The van der Waals surface area contributed by atoms with Crippen LogP contribution in [0.5, 0.6) is 0 Å². The molecule has 12 nitrogen and oxygen atoms in total. The maximum atomic E-state index is 11.1. The van der Waals surface area contributed by atoms with Gasteiger partial charge in [0.25, 0.3) is 0 Å². The van der Waals surface area contributed by atoms with Gasteiger partial charge < -0.3 is 47.4 Å². The summed E-state index contributed by atoms with van der Waals surface area (Å²) in [6, 6.07) is 0. The molecule has 0 N–H and O–H groups in total. The van der Waals surface area contributed by atoms with E-state index in [1.165, 1.54) is 7.11 Å². The zero-order chi connectivity index (χ0) is 26.4. The monoisotopic (exact) mass is 526 g/mol. The van der Waals surface area contributed by atoms with E-state index >= 15 is 0 Å². The Morgan fingerprint density at radius 3 is 1.03 bits per heavy atom. The van der Waals surface area contributed by atoms with Gasteiger partial charge in [-0.3, -0.25) is 9.59 Å². The molecule has 0 aliphatic heterocycles. The van der Waals surface area contributed by atoms with Crippen molar-refractivity contribution >= 4 is 11.9 Å².